The Morgan fingerprint density at radius 3 is 2.86 bits per heavy atom. The summed E-state index contributed by atoms with van der Waals surface area (Å²) < 4.78 is 6.22. The topological polar surface area (TPSA) is 21.3 Å². The van der Waals surface area contributed by atoms with E-state index in [0.29, 0.717) is 0 Å². The molecule has 2 unspecified atom stereocenters. The molecule has 1 aliphatic rings. The lowest BCUT2D eigenvalue weighted by Gasteiger charge is -2.18. The first-order valence-corrected chi connectivity index (χ1v) is 8.19. The third-order valence-corrected chi connectivity index (χ3v) is 4.94. The van der Waals surface area contributed by atoms with Gasteiger partial charge in [-0.1, -0.05) is 30.3 Å². The maximum absolute atomic E-state index is 6.50. The van der Waals surface area contributed by atoms with Crippen molar-refractivity contribution in [1.29, 1.82) is 0 Å². The molecule has 0 aromatic heterocycles. The second-order valence-corrected chi connectivity index (χ2v) is 6.66. The molecule has 110 valence electrons. The van der Waals surface area contributed by atoms with Gasteiger partial charge in [-0.3, -0.25) is 0 Å². The van der Waals surface area contributed by atoms with Gasteiger partial charge in [0.1, 0.15) is 5.75 Å². The molecule has 1 N–H and O–H groups in total. The minimum absolute atomic E-state index is 0.115. The van der Waals surface area contributed by atoms with Crippen LogP contribution >= 0.6 is 27.5 Å². The van der Waals surface area contributed by atoms with Gasteiger partial charge in [-0.05, 0) is 51.2 Å². The number of methoxy groups -OCH3 is 1. The highest BCUT2D eigenvalue weighted by molar-refractivity contribution is 9.10. The molecule has 21 heavy (non-hydrogen) atoms. The molecule has 0 heterocycles. The summed E-state index contributed by atoms with van der Waals surface area (Å²) in [6, 6.07) is 14.8. The minimum Gasteiger partial charge on any atom is -0.496 e. The Labute approximate surface area is 138 Å². The van der Waals surface area contributed by atoms with Crippen LogP contribution in [0.2, 0.25) is 0 Å². The summed E-state index contributed by atoms with van der Waals surface area (Å²) in [4.78, 5) is 0. The summed E-state index contributed by atoms with van der Waals surface area (Å²) in [5.74, 6) is 0.847. The molecule has 2 aromatic rings. The van der Waals surface area contributed by atoms with E-state index in [4.69, 9.17) is 16.3 Å². The van der Waals surface area contributed by atoms with Crippen LogP contribution in [-0.4, -0.2) is 12.5 Å². The Morgan fingerprint density at radius 2 is 2.10 bits per heavy atom. The van der Waals surface area contributed by atoms with Gasteiger partial charge in [-0.15, -0.1) is 11.6 Å². The number of hydrogen-bond donors (Lipinski definition) is 1. The molecule has 4 heteroatoms. The van der Waals surface area contributed by atoms with E-state index in [-0.39, 0.29) is 11.4 Å². The molecule has 0 amide bonds. The van der Waals surface area contributed by atoms with Gasteiger partial charge in [0.25, 0.3) is 0 Å². The number of hydrogen-bond acceptors (Lipinski definition) is 2. The van der Waals surface area contributed by atoms with Crippen molar-refractivity contribution in [3.05, 3.63) is 63.6 Å². The quantitative estimate of drug-likeness (QED) is 0.807. The van der Waals surface area contributed by atoms with E-state index in [1.54, 1.807) is 7.11 Å². The van der Waals surface area contributed by atoms with Crippen LogP contribution in [0.4, 0.5) is 0 Å². The lowest BCUT2D eigenvalue weighted by Crippen LogP contribution is -2.25. The third kappa shape index (κ3) is 3.10. The van der Waals surface area contributed by atoms with Crippen LogP contribution in [0.15, 0.2) is 46.9 Å². The highest BCUT2D eigenvalue weighted by Gasteiger charge is 2.30. The van der Waals surface area contributed by atoms with E-state index >= 15 is 0 Å². The molecule has 2 atom stereocenters. The van der Waals surface area contributed by atoms with Crippen molar-refractivity contribution in [2.75, 3.05) is 7.11 Å². The molecule has 0 bridgehead atoms. The fraction of sp³-hybridized carbons (Fsp3) is 0.294. The molecule has 0 saturated carbocycles. The van der Waals surface area contributed by atoms with E-state index in [1.807, 2.05) is 6.07 Å². The SMILES string of the molecule is COc1ccc(CNC2c3ccccc3CC2Cl)cc1Br. The van der Waals surface area contributed by atoms with Crippen LogP contribution in [0, 0.1) is 0 Å². The van der Waals surface area contributed by atoms with Crippen LogP contribution in [0.5, 0.6) is 5.75 Å². The largest absolute Gasteiger partial charge is 0.496 e. The number of fused-ring (bicyclic) bond motifs is 1. The Hall–Kier alpha value is -1.03. The molecule has 1 aliphatic carbocycles. The molecule has 3 rings (SSSR count). The van der Waals surface area contributed by atoms with Crippen molar-refractivity contribution < 1.29 is 4.74 Å². The Morgan fingerprint density at radius 1 is 1.29 bits per heavy atom. The van der Waals surface area contributed by atoms with Gasteiger partial charge in [-0.2, -0.15) is 0 Å². The summed E-state index contributed by atoms with van der Waals surface area (Å²) in [6.07, 6.45) is 0.932. The van der Waals surface area contributed by atoms with Crippen LogP contribution in [0.1, 0.15) is 22.7 Å². The number of alkyl halides is 1. The first-order valence-electron chi connectivity index (χ1n) is 6.96. The van der Waals surface area contributed by atoms with E-state index in [2.05, 4.69) is 57.6 Å². The highest BCUT2D eigenvalue weighted by Crippen LogP contribution is 2.35. The maximum atomic E-state index is 6.50. The highest BCUT2D eigenvalue weighted by atomic mass is 79.9. The summed E-state index contributed by atoms with van der Waals surface area (Å²) in [7, 11) is 1.67. The average molecular weight is 367 g/mol. The summed E-state index contributed by atoms with van der Waals surface area (Å²) in [6.45, 7) is 0.783. The summed E-state index contributed by atoms with van der Waals surface area (Å²) in [5.41, 5.74) is 3.88. The zero-order valence-electron chi connectivity index (χ0n) is 11.8. The van der Waals surface area contributed by atoms with Crippen LogP contribution in [0.3, 0.4) is 0 Å². The molecular formula is C17H17BrClNO. The standard InChI is InChI=1S/C17H17BrClNO/c1-21-16-7-6-11(8-14(16)18)10-20-17-13-5-3-2-4-12(13)9-15(17)19/h2-8,15,17,20H,9-10H2,1H3. The smallest absolute Gasteiger partial charge is 0.133 e. The number of benzene rings is 2. The van der Waals surface area contributed by atoms with Crippen molar-refractivity contribution in [3.8, 4) is 5.75 Å². The Kier molecular flexibility index (Phi) is 4.53. The lowest BCUT2D eigenvalue weighted by atomic mass is 10.1. The molecule has 0 aliphatic heterocycles. The number of rotatable bonds is 4. The predicted molar refractivity (Wildman–Crippen MR) is 90.1 cm³/mol. The second-order valence-electron chi connectivity index (χ2n) is 5.25. The van der Waals surface area contributed by atoms with Crippen molar-refractivity contribution in [2.45, 2.75) is 24.4 Å². The van der Waals surface area contributed by atoms with E-state index in [9.17, 15) is 0 Å². The molecule has 2 nitrogen and oxygen atoms in total. The monoisotopic (exact) mass is 365 g/mol. The zero-order chi connectivity index (χ0) is 14.8. The fourth-order valence-corrected chi connectivity index (χ4v) is 3.81. The van der Waals surface area contributed by atoms with E-state index in [0.717, 1.165) is 23.2 Å². The third-order valence-electron chi connectivity index (χ3n) is 3.91. The molecule has 0 spiro atoms. The number of halogens is 2. The zero-order valence-corrected chi connectivity index (χ0v) is 14.1. The van der Waals surface area contributed by atoms with Crippen molar-refractivity contribution >= 4 is 27.5 Å². The van der Waals surface area contributed by atoms with Crippen molar-refractivity contribution in [3.63, 3.8) is 0 Å². The Bertz CT molecular complexity index is 646. The minimum atomic E-state index is 0.115. The van der Waals surface area contributed by atoms with Crippen LogP contribution in [0.25, 0.3) is 0 Å². The van der Waals surface area contributed by atoms with Gasteiger partial charge in [0.2, 0.25) is 0 Å². The normalized spacial score (nSPS) is 20.3. The lowest BCUT2D eigenvalue weighted by molar-refractivity contribution is 0.412. The van der Waals surface area contributed by atoms with Gasteiger partial charge >= 0.3 is 0 Å². The average Bonchev–Trinajstić information content (AvgIpc) is 2.81. The first kappa shape index (κ1) is 14.9. The predicted octanol–water partition coefficient (Wildman–Crippen LogP) is 4.45. The first-order chi connectivity index (χ1) is 10.2. The van der Waals surface area contributed by atoms with Gasteiger partial charge in [0, 0.05) is 12.6 Å². The molecule has 0 radical (unpaired) electrons. The number of ether oxygens (including phenoxy) is 1. The van der Waals surface area contributed by atoms with Crippen molar-refractivity contribution in [1.82, 2.24) is 5.32 Å². The van der Waals surface area contributed by atoms with Crippen LogP contribution < -0.4 is 10.1 Å². The van der Waals surface area contributed by atoms with Gasteiger partial charge < -0.3 is 10.1 Å². The summed E-state index contributed by atoms with van der Waals surface area (Å²) >= 11 is 10.0. The van der Waals surface area contributed by atoms with Gasteiger partial charge in [0.05, 0.1) is 17.0 Å². The van der Waals surface area contributed by atoms with Gasteiger partial charge in [-0.25, -0.2) is 0 Å². The second kappa shape index (κ2) is 6.39. The molecule has 0 saturated heterocycles. The van der Waals surface area contributed by atoms with E-state index in [1.165, 1.54) is 16.7 Å². The van der Waals surface area contributed by atoms with Crippen LogP contribution in [-0.2, 0) is 13.0 Å². The molecule has 0 fully saturated rings. The number of nitrogens with one attached hydrogen (secondary N) is 1. The van der Waals surface area contributed by atoms with E-state index < -0.39 is 0 Å². The maximum Gasteiger partial charge on any atom is 0.133 e. The molecular weight excluding hydrogens is 350 g/mol. The fourth-order valence-electron chi connectivity index (χ4n) is 2.83. The summed E-state index contributed by atoms with van der Waals surface area (Å²) in [5, 5.41) is 3.69. The molecule has 2 aromatic carbocycles. The van der Waals surface area contributed by atoms with Gasteiger partial charge in [0.15, 0.2) is 0 Å². The Balaban J connectivity index is 1.72. The van der Waals surface area contributed by atoms with Crippen molar-refractivity contribution in [2.24, 2.45) is 0 Å².